The van der Waals surface area contributed by atoms with Gasteiger partial charge in [-0.15, -0.1) is 0 Å². The summed E-state index contributed by atoms with van der Waals surface area (Å²) in [7, 11) is 0. The van der Waals surface area contributed by atoms with E-state index >= 15 is 0 Å². The second-order valence-electron chi connectivity index (χ2n) is 6.91. The zero-order valence-corrected chi connectivity index (χ0v) is 15.3. The van der Waals surface area contributed by atoms with E-state index in [-0.39, 0.29) is 24.1 Å². The molecule has 0 aliphatic carbocycles. The first kappa shape index (κ1) is 18.2. The Hall–Kier alpha value is -3.19. The summed E-state index contributed by atoms with van der Waals surface area (Å²) < 4.78 is 13.5. The molecular weight excluding hydrogens is 361 g/mol. The molecule has 1 aliphatic rings. The minimum absolute atomic E-state index is 0.0440. The van der Waals surface area contributed by atoms with Gasteiger partial charge in [-0.3, -0.25) is 9.89 Å². The van der Waals surface area contributed by atoms with Crippen molar-refractivity contribution in [1.82, 2.24) is 15.1 Å². The molecule has 0 bridgehead atoms. The molecule has 6 nitrogen and oxygen atoms in total. The van der Waals surface area contributed by atoms with Crippen molar-refractivity contribution in [2.45, 2.75) is 19.4 Å². The smallest absolute Gasteiger partial charge is 0.273 e. The fourth-order valence-electron chi connectivity index (χ4n) is 3.70. The van der Waals surface area contributed by atoms with E-state index in [1.165, 1.54) is 12.1 Å². The molecule has 1 atom stereocenters. The Labute approximate surface area is 161 Å². The summed E-state index contributed by atoms with van der Waals surface area (Å²) in [6, 6.07) is 10.7. The number of aromatic amines is 1. The number of amides is 1. The van der Waals surface area contributed by atoms with Gasteiger partial charge >= 0.3 is 0 Å². The summed E-state index contributed by atoms with van der Waals surface area (Å²) in [5.74, 6) is -0.526. The number of phenols is 1. The van der Waals surface area contributed by atoms with Gasteiger partial charge in [-0.05, 0) is 43.2 Å². The number of rotatable bonds is 5. The maximum atomic E-state index is 13.5. The summed E-state index contributed by atoms with van der Waals surface area (Å²) >= 11 is 0. The quantitative estimate of drug-likeness (QED) is 0.633. The van der Waals surface area contributed by atoms with Crippen LogP contribution in [0.3, 0.4) is 0 Å². The third kappa shape index (κ3) is 2.93. The van der Waals surface area contributed by atoms with E-state index in [9.17, 15) is 19.4 Å². The van der Waals surface area contributed by atoms with Gasteiger partial charge in [0, 0.05) is 24.3 Å². The average Bonchev–Trinajstić information content (AvgIpc) is 3.22. The number of hydrogen-bond acceptors (Lipinski definition) is 4. The average molecular weight is 381 g/mol. The molecule has 2 aromatic carbocycles. The van der Waals surface area contributed by atoms with Gasteiger partial charge in [-0.1, -0.05) is 23.8 Å². The van der Waals surface area contributed by atoms with Gasteiger partial charge in [-0.25, -0.2) is 4.39 Å². The summed E-state index contributed by atoms with van der Waals surface area (Å²) in [5, 5.41) is 26.7. The molecule has 0 saturated heterocycles. The van der Waals surface area contributed by atoms with E-state index in [0.717, 1.165) is 11.1 Å². The Bertz CT molecular complexity index is 1030. The molecule has 3 N–H and O–H groups in total. The highest BCUT2D eigenvalue weighted by molar-refractivity contribution is 6.00. The summed E-state index contributed by atoms with van der Waals surface area (Å²) in [5.41, 5.74) is 3.70. The van der Waals surface area contributed by atoms with Crippen LogP contribution in [0.1, 0.15) is 39.6 Å². The lowest BCUT2D eigenvalue weighted by Gasteiger charge is -2.26. The highest BCUT2D eigenvalue weighted by atomic mass is 19.1. The fourth-order valence-corrected chi connectivity index (χ4v) is 3.70. The van der Waals surface area contributed by atoms with Crippen molar-refractivity contribution in [2.75, 3.05) is 13.2 Å². The van der Waals surface area contributed by atoms with Crippen LogP contribution in [-0.2, 0) is 0 Å². The lowest BCUT2D eigenvalue weighted by atomic mass is 9.95. The fraction of sp³-hybridized carbons (Fsp3) is 0.238. The molecule has 1 aromatic heterocycles. The standard InChI is InChI=1S/C21H20FN3O3/c1-12-3-8-16(27)15(11-12)18-17-19(24-23-18)21(28)25(9-2-10-26)20(17)13-4-6-14(22)7-5-13/h3-8,11,20,26-27H,2,9-10H2,1H3,(H,23,24)/t20-/m1/s1. The Morgan fingerprint density at radius 1 is 1.21 bits per heavy atom. The van der Waals surface area contributed by atoms with Crippen LogP contribution in [0.15, 0.2) is 42.5 Å². The number of nitrogens with zero attached hydrogens (tertiary/aromatic N) is 2. The van der Waals surface area contributed by atoms with Gasteiger partial charge in [0.15, 0.2) is 0 Å². The number of aliphatic hydroxyl groups excluding tert-OH is 1. The number of halogens is 1. The highest BCUT2D eigenvalue weighted by Crippen LogP contribution is 2.44. The maximum Gasteiger partial charge on any atom is 0.273 e. The van der Waals surface area contributed by atoms with Crippen LogP contribution in [0.4, 0.5) is 4.39 Å². The minimum Gasteiger partial charge on any atom is -0.507 e. The first-order chi connectivity index (χ1) is 13.5. The van der Waals surface area contributed by atoms with Crippen molar-refractivity contribution in [3.8, 4) is 17.0 Å². The van der Waals surface area contributed by atoms with Crippen LogP contribution < -0.4 is 0 Å². The molecule has 0 saturated carbocycles. The number of carbonyl (C=O) groups is 1. The van der Waals surface area contributed by atoms with Gasteiger partial charge in [0.05, 0.1) is 6.04 Å². The van der Waals surface area contributed by atoms with Crippen LogP contribution in [0.25, 0.3) is 11.3 Å². The van der Waals surface area contributed by atoms with Gasteiger partial charge < -0.3 is 15.1 Å². The third-order valence-electron chi connectivity index (χ3n) is 5.01. The molecule has 3 aromatic rings. The number of aromatic nitrogens is 2. The lowest BCUT2D eigenvalue weighted by Crippen LogP contribution is -2.31. The highest BCUT2D eigenvalue weighted by Gasteiger charge is 2.42. The summed E-state index contributed by atoms with van der Waals surface area (Å²) in [6.07, 6.45) is 0.423. The predicted molar refractivity (Wildman–Crippen MR) is 101 cm³/mol. The van der Waals surface area contributed by atoms with Crippen molar-refractivity contribution in [3.63, 3.8) is 0 Å². The third-order valence-corrected chi connectivity index (χ3v) is 5.01. The van der Waals surface area contributed by atoms with E-state index in [1.54, 1.807) is 29.2 Å². The van der Waals surface area contributed by atoms with Crippen LogP contribution in [0, 0.1) is 12.7 Å². The van der Waals surface area contributed by atoms with E-state index in [1.807, 2.05) is 13.0 Å². The van der Waals surface area contributed by atoms with Gasteiger partial charge in [0.2, 0.25) is 0 Å². The molecule has 0 spiro atoms. The number of carbonyl (C=O) groups excluding carboxylic acids is 1. The van der Waals surface area contributed by atoms with E-state index in [4.69, 9.17) is 0 Å². The normalized spacial score (nSPS) is 15.9. The van der Waals surface area contributed by atoms with Gasteiger partial charge in [-0.2, -0.15) is 5.10 Å². The number of nitrogens with one attached hydrogen (secondary N) is 1. The first-order valence-corrected chi connectivity index (χ1v) is 9.06. The minimum atomic E-state index is -0.483. The Balaban J connectivity index is 1.89. The Morgan fingerprint density at radius 2 is 1.96 bits per heavy atom. The van der Waals surface area contributed by atoms with E-state index < -0.39 is 6.04 Å². The van der Waals surface area contributed by atoms with E-state index in [0.29, 0.717) is 35.5 Å². The molecule has 7 heteroatoms. The molecule has 2 heterocycles. The van der Waals surface area contributed by atoms with Crippen molar-refractivity contribution in [3.05, 3.63) is 70.7 Å². The molecular formula is C21H20FN3O3. The molecule has 144 valence electrons. The SMILES string of the molecule is Cc1ccc(O)c(-c2n[nH]c3c2[C@@H](c2ccc(F)cc2)N(CCCO)C3=O)c1. The number of benzene rings is 2. The summed E-state index contributed by atoms with van der Waals surface area (Å²) in [4.78, 5) is 14.6. The monoisotopic (exact) mass is 381 g/mol. The largest absolute Gasteiger partial charge is 0.507 e. The van der Waals surface area contributed by atoms with E-state index in [2.05, 4.69) is 10.2 Å². The number of aryl methyl sites for hydroxylation is 1. The maximum absolute atomic E-state index is 13.5. The van der Waals surface area contributed by atoms with Crippen LogP contribution in [-0.4, -0.2) is 44.4 Å². The van der Waals surface area contributed by atoms with Gasteiger partial charge in [0.1, 0.15) is 23.0 Å². The van der Waals surface area contributed by atoms with Crippen molar-refractivity contribution < 1.29 is 19.4 Å². The molecule has 0 radical (unpaired) electrons. The second-order valence-corrected chi connectivity index (χ2v) is 6.91. The molecule has 4 rings (SSSR count). The molecule has 1 amide bonds. The number of aromatic hydroxyl groups is 1. The second kappa shape index (κ2) is 7.09. The molecule has 1 aliphatic heterocycles. The zero-order chi connectivity index (χ0) is 19.8. The molecule has 0 unspecified atom stereocenters. The van der Waals surface area contributed by atoms with Crippen LogP contribution in [0.2, 0.25) is 0 Å². The lowest BCUT2D eigenvalue weighted by molar-refractivity contribution is 0.0732. The molecule has 28 heavy (non-hydrogen) atoms. The molecule has 0 fully saturated rings. The number of aliphatic hydroxyl groups is 1. The number of fused-ring (bicyclic) bond motifs is 1. The number of H-pyrrole nitrogens is 1. The van der Waals surface area contributed by atoms with Crippen molar-refractivity contribution >= 4 is 5.91 Å². The first-order valence-electron chi connectivity index (χ1n) is 9.06. The van der Waals surface area contributed by atoms with Crippen LogP contribution in [0.5, 0.6) is 5.75 Å². The Kier molecular flexibility index (Phi) is 4.60. The summed E-state index contributed by atoms with van der Waals surface area (Å²) in [6.45, 7) is 2.21. The number of phenolic OH excluding ortho intramolecular Hbond substituents is 1. The zero-order valence-electron chi connectivity index (χ0n) is 15.3. The van der Waals surface area contributed by atoms with Crippen LogP contribution >= 0.6 is 0 Å². The number of hydrogen-bond donors (Lipinski definition) is 3. The Morgan fingerprint density at radius 3 is 2.68 bits per heavy atom. The van der Waals surface area contributed by atoms with Crippen molar-refractivity contribution in [1.29, 1.82) is 0 Å². The predicted octanol–water partition coefficient (Wildman–Crippen LogP) is 3.16. The van der Waals surface area contributed by atoms with Gasteiger partial charge in [0.25, 0.3) is 5.91 Å². The topological polar surface area (TPSA) is 89.5 Å². The van der Waals surface area contributed by atoms with Crippen molar-refractivity contribution in [2.24, 2.45) is 0 Å².